The van der Waals surface area contributed by atoms with Crippen LogP contribution in [0.3, 0.4) is 0 Å². The van der Waals surface area contributed by atoms with E-state index in [-0.39, 0.29) is 6.54 Å². The molecule has 1 aromatic rings. The van der Waals surface area contributed by atoms with Gasteiger partial charge in [-0.15, -0.1) is 0 Å². The summed E-state index contributed by atoms with van der Waals surface area (Å²) in [7, 11) is -3.55. The molecular weight excluding hydrogens is 270 g/mol. The maximum absolute atomic E-state index is 12.1. The Hall–Kier alpha value is -1.18. The summed E-state index contributed by atoms with van der Waals surface area (Å²) in [4.78, 5) is 0.294. The average molecular weight is 287 g/mol. The van der Waals surface area contributed by atoms with Crippen molar-refractivity contribution in [3.63, 3.8) is 0 Å². The van der Waals surface area contributed by atoms with Gasteiger partial charge in [0, 0.05) is 19.5 Å². The van der Waals surface area contributed by atoms with E-state index in [0.717, 1.165) is 0 Å². The molecule has 0 aliphatic heterocycles. The summed E-state index contributed by atoms with van der Waals surface area (Å²) in [6, 6.07) is 8.85. The standard InChI is InChI=1S/C11H17N3O2S2/c1-2-13-18(15,16)14(9-8-11(12)17)10-6-4-3-5-7-10/h3-7,13H,2,8-9H2,1H3,(H2,12,17). The molecule has 0 saturated carbocycles. The van der Waals surface area contributed by atoms with E-state index in [1.807, 2.05) is 6.07 Å². The maximum atomic E-state index is 12.1. The first-order valence-electron chi connectivity index (χ1n) is 5.58. The van der Waals surface area contributed by atoms with Gasteiger partial charge in [0.1, 0.15) is 0 Å². The molecule has 7 heteroatoms. The molecule has 0 spiro atoms. The summed E-state index contributed by atoms with van der Waals surface area (Å²) < 4.78 is 27.9. The lowest BCUT2D eigenvalue weighted by Gasteiger charge is -2.24. The average Bonchev–Trinajstić information content (AvgIpc) is 2.29. The maximum Gasteiger partial charge on any atom is 0.301 e. The van der Waals surface area contributed by atoms with Crippen molar-refractivity contribution >= 4 is 33.1 Å². The van der Waals surface area contributed by atoms with Crippen LogP contribution in [-0.4, -0.2) is 26.5 Å². The number of rotatable bonds is 7. The lowest BCUT2D eigenvalue weighted by atomic mass is 10.3. The summed E-state index contributed by atoms with van der Waals surface area (Å²) >= 11 is 4.79. The van der Waals surface area contributed by atoms with Crippen molar-refractivity contribution in [2.45, 2.75) is 13.3 Å². The fraction of sp³-hybridized carbons (Fsp3) is 0.364. The van der Waals surface area contributed by atoms with Crippen LogP contribution < -0.4 is 14.8 Å². The SMILES string of the molecule is CCNS(=O)(=O)N(CCC(N)=S)c1ccccc1. The molecule has 1 rings (SSSR count). The zero-order valence-corrected chi connectivity index (χ0v) is 11.8. The summed E-state index contributed by atoms with van der Waals surface area (Å²) in [5, 5.41) is 0. The number of anilines is 1. The topological polar surface area (TPSA) is 75.4 Å². The van der Waals surface area contributed by atoms with Crippen LogP contribution in [0.1, 0.15) is 13.3 Å². The molecule has 0 saturated heterocycles. The Morgan fingerprint density at radius 3 is 2.50 bits per heavy atom. The van der Waals surface area contributed by atoms with Gasteiger partial charge in [-0.2, -0.15) is 13.1 Å². The van der Waals surface area contributed by atoms with Gasteiger partial charge in [0.25, 0.3) is 0 Å². The van der Waals surface area contributed by atoms with Crippen LogP contribution in [0.4, 0.5) is 5.69 Å². The molecule has 0 aliphatic rings. The number of thiocarbonyl (C=S) groups is 1. The van der Waals surface area contributed by atoms with Gasteiger partial charge < -0.3 is 5.73 Å². The monoisotopic (exact) mass is 287 g/mol. The van der Waals surface area contributed by atoms with Crippen molar-refractivity contribution in [1.82, 2.24) is 4.72 Å². The van der Waals surface area contributed by atoms with Crippen LogP contribution in [0.25, 0.3) is 0 Å². The second kappa shape index (κ2) is 6.67. The fourth-order valence-corrected chi connectivity index (χ4v) is 2.80. The highest BCUT2D eigenvalue weighted by Gasteiger charge is 2.20. The molecule has 0 bridgehead atoms. The van der Waals surface area contributed by atoms with E-state index in [2.05, 4.69) is 4.72 Å². The van der Waals surface area contributed by atoms with Crippen LogP contribution in [-0.2, 0) is 10.2 Å². The van der Waals surface area contributed by atoms with E-state index in [1.165, 1.54) is 4.31 Å². The summed E-state index contributed by atoms with van der Waals surface area (Å²) in [6.45, 7) is 2.29. The summed E-state index contributed by atoms with van der Waals surface area (Å²) in [6.07, 6.45) is 0.342. The van der Waals surface area contributed by atoms with Crippen LogP contribution >= 0.6 is 12.2 Å². The van der Waals surface area contributed by atoms with Crippen molar-refractivity contribution in [3.8, 4) is 0 Å². The Kier molecular flexibility index (Phi) is 5.52. The van der Waals surface area contributed by atoms with E-state index in [9.17, 15) is 8.42 Å². The smallest absolute Gasteiger partial charge is 0.301 e. The second-order valence-electron chi connectivity index (χ2n) is 3.63. The molecule has 1 aromatic carbocycles. The molecule has 0 unspecified atom stereocenters. The highest BCUT2D eigenvalue weighted by molar-refractivity contribution is 7.90. The highest BCUT2D eigenvalue weighted by Crippen LogP contribution is 2.16. The first-order chi connectivity index (χ1) is 8.47. The Morgan fingerprint density at radius 2 is 2.00 bits per heavy atom. The van der Waals surface area contributed by atoms with Gasteiger partial charge >= 0.3 is 10.2 Å². The van der Waals surface area contributed by atoms with Gasteiger partial charge in [0.05, 0.1) is 10.7 Å². The first-order valence-corrected chi connectivity index (χ1v) is 7.43. The largest absolute Gasteiger partial charge is 0.393 e. The fourth-order valence-electron chi connectivity index (χ4n) is 1.45. The third-order valence-electron chi connectivity index (χ3n) is 2.22. The van der Waals surface area contributed by atoms with Crippen molar-refractivity contribution < 1.29 is 8.42 Å². The molecular formula is C11H17N3O2S2. The molecule has 0 radical (unpaired) electrons. The van der Waals surface area contributed by atoms with E-state index in [0.29, 0.717) is 23.6 Å². The Balaban J connectivity index is 2.99. The van der Waals surface area contributed by atoms with Crippen molar-refractivity contribution in [2.24, 2.45) is 5.73 Å². The minimum Gasteiger partial charge on any atom is -0.393 e. The van der Waals surface area contributed by atoms with Gasteiger partial charge in [-0.1, -0.05) is 37.3 Å². The quantitative estimate of drug-likeness (QED) is 0.734. The lowest BCUT2D eigenvalue weighted by Crippen LogP contribution is -2.42. The Morgan fingerprint density at radius 1 is 1.39 bits per heavy atom. The molecule has 0 aromatic heterocycles. The van der Waals surface area contributed by atoms with Gasteiger partial charge in [-0.25, -0.2) is 0 Å². The van der Waals surface area contributed by atoms with Crippen LogP contribution in [0, 0.1) is 0 Å². The minimum atomic E-state index is -3.55. The first kappa shape index (κ1) is 14.9. The molecule has 0 amide bonds. The van der Waals surface area contributed by atoms with E-state index in [4.69, 9.17) is 18.0 Å². The van der Waals surface area contributed by atoms with Crippen LogP contribution in [0.2, 0.25) is 0 Å². The van der Waals surface area contributed by atoms with Crippen LogP contribution in [0.5, 0.6) is 0 Å². The number of nitrogens with one attached hydrogen (secondary N) is 1. The second-order valence-corrected chi connectivity index (χ2v) is 5.83. The molecule has 0 aliphatic carbocycles. The van der Waals surface area contributed by atoms with E-state index < -0.39 is 10.2 Å². The molecule has 3 N–H and O–H groups in total. The number of benzene rings is 1. The molecule has 0 atom stereocenters. The van der Waals surface area contributed by atoms with Crippen molar-refractivity contribution in [2.75, 3.05) is 17.4 Å². The van der Waals surface area contributed by atoms with Crippen LogP contribution in [0.15, 0.2) is 30.3 Å². The number of hydrogen-bond donors (Lipinski definition) is 2. The lowest BCUT2D eigenvalue weighted by molar-refractivity contribution is 0.579. The molecule has 100 valence electrons. The zero-order chi connectivity index (χ0) is 13.6. The third-order valence-corrected chi connectivity index (χ3v) is 4.05. The van der Waals surface area contributed by atoms with Gasteiger partial charge in [0.2, 0.25) is 0 Å². The molecule has 0 heterocycles. The van der Waals surface area contributed by atoms with E-state index >= 15 is 0 Å². The number of nitrogens with two attached hydrogens (primary N) is 1. The Bertz CT molecular complexity index is 488. The molecule has 18 heavy (non-hydrogen) atoms. The predicted molar refractivity (Wildman–Crippen MR) is 77.8 cm³/mol. The summed E-state index contributed by atoms with van der Waals surface area (Å²) in [5.74, 6) is 0. The molecule has 0 fully saturated rings. The number of nitrogens with zero attached hydrogens (tertiary/aromatic N) is 1. The van der Waals surface area contributed by atoms with Crippen molar-refractivity contribution in [3.05, 3.63) is 30.3 Å². The highest BCUT2D eigenvalue weighted by atomic mass is 32.2. The normalized spacial score (nSPS) is 11.2. The number of para-hydroxylation sites is 1. The summed E-state index contributed by atoms with van der Waals surface area (Å²) in [5.41, 5.74) is 6.02. The minimum absolute atomic E-state index is 0.231. The zero-order valence-electron chi connectivity index (χ0n) is 10.2. The number of hydrogen-bond acceptors (Lipinski definition) is 3. The van der Waals surface area contributed by atoms with E-state index in [1.54, 1.807) is 31.2 Å². The van der Waals surface area contributed by atoms with Gasteiger partial charge in [0.15, 0.2) is 0 Å². The van der Waals surface area contributed by atoms with Gasteiger partial charge in [-0.3, -0.25) is 4.31 Å². The molecule has 5 nitrogen and oxygen atoms in total. The third kappa shape index (κ3) is 4.25. The van der Waals surface area contributed by atoms with Gasteiger partial charge in [-0.05, 0) is 12.1 Å². The van der Waals surface area contributed by atoms with Crippen molar-refractivity contribution in [1.29, 1.82) is 0 Å². The predicted octanol–water partition coefficient (Wildman–Crippen LogP) is 1.02. The Labute approximate surface area is 113 Å².